The largest absolute Gasteiger partial charge is 0.337 e. The summed E-state index contributed by atoms with van der Waals surface area (Å²) >= 11 is 7.41. The Labute approximate surface area is 107 Å². The van der Waals surface area contributed by atoms with E-state index in [0.29, 0.717) is 12.0 Å². The average Bonchev–Trinajstić information content (AvgIpc) is 2.82. The van der Waals surface area contributed by atoms with Crippen molar-refractivity contribution in [1.29, 1.82) is 0 Å². The van der Waals surface area contributed by atoms with Crippen molar-refractivity contribution in [2.45, 2.75) is 50.3 Å². The molecule has 0 aliphatic heterocycles. The summed E-state index contributed by atoms with van der Waals surface area (Å²) in [5.41, 5.74) is 1.36. The first kappa shape index (κ1) is 12.2. The fraction of sp³-hybridized carbons (Fsp3) is 0.750. The fourth-order valence-corrected chi connectivity index (χ4v) is 3.93. The topological polar surface area (TPSA) is 20.7 Å². The van der Waals surface area contributed by atoms with E-state index in [-0.39, 0.29) is 0 Å². The number of thioether (sulfide) groups is 1. The van der Waals surface area contributed by atoms with Crippen LogP contribution in [-0.2, 0) is 0 Å². The molecule has 0 amide bonds. The minimum Gasteiger partial charge on any atom is -0.337 e. The highest BCUT2D eigenvalue weighted by atomic mass is 32.2. The molecule has 0 aromatic carbocycles. The van der Waals surface area contributed by atoms with Gasteiger partial charge in [0.15, 0.2) is 4.77 Å². The Hall–Kier alpha value is -0.220. The molecule has 2 nitrogen and oxygen atoms in total. The molecule has 0 spiro atoms. The molecule has 2 unspecified atom stereocenters. The maximum atomic E-state index is 5.43. The van der Waals surface area contributed by atoms with Crippen LogP contribution in [0.3, 0.4) is 0 Å². The third kappa shape index (κ3) is 2.09. The van der Waals surface area contributed by atoms with Crippen molar-refractivity contribution in [3.05, 3.63) is 16.7 Å². The van der Waals surface area contributed by atoms with Crippen molar-refractivity contribution in [1.82, 2.24) is 9.55 Å². The van der Waals surface area contributed by atoms with E-state index in [1.54, 1.807) is 0 Å². The minimum absolute atomic E-state index is 0.538. The van der Waals surface area contributed by atoms with Crippen LogP contribution in [0.15, 0.2) is 6.20 Å². The molecule has 0 saturated heterocycles. The van der Waals surface area contributed by atoms with Gasteiger partial charge in [0.05, 0.1) is 0 Å². The van der Waals surface area contributed by atoms with Gasteiger partial charge in [-0.05, 0) is 37.2 Å². The van der Waals surface area contributed by atoms with Crippen LogP contribution in [0, 0.1) is 4.77 Å². The summed E-state index contributed by atoms with van der Waals surface area (Å²) in [7, 11) is 0. The summed E-state index contributed by atoms with van der Waals surface area (Å²) < 4.78 is 3.27. The molecule has 1 aliphatic carbocycles. The average molecular weight is 256 g/mol. The molecule has 90 valence electrons. The fourth-order valence-electron chi connectivity index (χ4n) is 2.66. The second kappa shape index (κ2) is 4.96. The Balaban J connectivity index is 2.38. The number of H-pyrrole nitrogens is 1. The molecule has 2 atom stereocenters. The van der Waals surface area contributed by atoms with Gasteiger partial charge in [-0.25, -0.2) is 0 Å². The van der Waals surface area contributed by atoms with E-state index in [2.05, 4.69) is 35.9 Å². The lowest BCUT2D eigenvalue weighted by Gasteiger charge is -2.22. The van der Waals surface area contributed by atoms with Gasteiger partial charge in [-0.15, -0.1) is 0 Å². The van der Waals surface area contributed by atoms with Crippen LogP contribution in [0.1, 0.15) is 50.8 Å². The van der Waals surface area contributed by atoms with E-state index in [9.17, 15) is 0 Å². The van der Waals surface area contributed by atoms with E-state index in [1.807, 2.05) is 11.8 Å². The van der Waals surface area contributed by atoms with Crippen LogP contribution in [0.4, 0.5) is 0 Å². The first-order valence-corrected chi connectivity index (χ1v) is 7.67. The highest BCUT2D eigenvalue weighted by molar-refractivity contribution is 7.99. The van der Waals surface area contributed by atoms with Gasteiger partial charge in [0.1, 0.15) is 0 Å². The third-order valence-electron chi connectivity index (χ3n) is 3.48. The molecule has 1 aromatic rings. The highest BCUT2D eigenvalue weighted by Crippen LogP contribution is 2.39. The summed E-state index contributed by atoms with van der Waals surface area (Å²) in [4.78, 5) is 3.21. The van der Waals surface area contributed by atoms with E-state index < -0.39 is 0 Å². The van der Waals surface area contributed by atoms with Crippen molar-refractivity contribution in [3.63, 3.8) is 0 Å². The summed E-state index contributed by atoms with van der Waals surface area (Å²) in [6, 6.07) is 0.603. The Morgan fingerprint density at radius 2 is 2.25 bits per heavy atom. The molecule has 1 heterocycles. The van der Waals surface area contributed by atoms with Gasteiger partial charge in [0, 0.05) is 23.2 Å². The van der Waals surface area contributed by atoms with Crippen molar-refractivity contribution in [2.24, 2.45) is 0 Å². The molecule has 1 saturated carbocycles. The number of rotatable bonds is 3. The lowest BCUT2D eigenvalue weighted by Crippen LogP contribution is -2.18. The number of aromatic amines is 1. The second-order valence-electron chi connectivity index (χ2n) is 4.82. The van der Waals surface area contributed by atoms with Crippen LogP contribution in [0.5, 0.6) is 0 Å². The van der Waals surface area contributed by atoms with Crippen molar-refractivity contribution in [2.75, 3.05) is 6.26 Å². The minimum atomic E-state index is 0.538. The lowest BCUT2D eigenvalue weighted by atomic mass is 10.1. The molecule has 1 aromatic heterocycles. The van der Waals surface area contributed by atoms with Crippen LogP contribution >= 0.6 is 24.0 Å². The predicted octanol–water partition coefficient (Wildman–Crippen LogP) is 4.13. The van der Waals surface area contributed by atoms with Crippen molar-refractivity contribution >= 4 is 24.0 Å². The molecule has 2 rings (SSSR count). The molecule has 4 heteroatoms. The van der Waals surface area contributed by atoms with Gasteiger partial charge < -0.3 is 9.55 Å². The van der Waals surface area contributed by atoms with Gasteiger partial charge in [-0.1, -0.05) is 20.3 Å². The Bertz CT molecular complexity index is 405. The van der Waals surface area contributed by atoms with E-state index in [1.165, 1.54) is 25.0 Å². The summed E-state index contributed by atoms with van der Waals surface area (Å²) in [5, 5.41) is 0.736. The van der Waals surface area contributed by atoms with Crippen LogP contribution in [0.2, 0.25) is 0 Å². The first-order valence-electron chi connectivity index (χ1n) is 5.97. The Morgan fingerprint density at radius 3 is 2.88 bits per heavy atom. The number of imidazole rings is 1. The highest BCUT2D eigenvalue weighted by Gasteiger charge is 2.30. The lowest BCUT2D eigenvalue weighted by molar-refractivity contribution is 0.495. The van der Waals surface area contributed by atoms with Gasteiger partial charge in [0.2, 0.25) is 0 Å². The summed E-state index contributed by atoms with van der Waals surface area (Å²) in [6.45, 7) is 4.47. The predicted molar refractivity (Wildman–Crippen MR) is 73.9 cm³/mol. The molecule has 1 N–H and O–H groups in total. The third-order valence-corrected chi connectivity index (χ3v) is 4.95. The van der Waals surface area contributed by atoms with Gasteiger partial charge >= 0.3 is 0 Å². The van der Waals surface area contributed by atoms with Crippen molar-refractivity contribution < 1.29 is 0 Å². The van der Waals surface area contributed by atoms with Crippen molar-refractivity contribution in [3.8, 4) is 0 Å². The van der Waals surface area contributed by atoms with Crippen LogP contribution in [0.25, 0.3) is 0 Å². The maximum absolute atomic E-state index is 5.43. The molecule has 0 bridgehead atoms. The molecular formula is C12H20N2S2. The zero-order valence-corrected chi connectivity index (χ0v) is 11.8. The smallest absolute Gasteiger partial charge is 0.177 e. The molecule has 16 heavy (non-hydrogen) atoms. The van der Waals surface area contributed by atoms with E-state index in [0.717, 1.165) is 10.0 Å². The Kier molecular flexibility index (Phi) is 3.80. The number of nitrogens with zero attached hydrogens (tertiary/aromatic N) is 1. The molecular weight excluding hydrogens is 236 g/mol. The van der Waals surface area contributed by atoms with Crippen LogP contribution < -0.4 is 0 Å². The zero-order chi connectivity index (χ0) is 11.7. The summed E-state index contributed by atoms with van der Waals surface area (Å²) in [5.74, 6) is 0.538. The van der Waals surface area contributed by atoms with Gasteiger partial charge in [0.25, 0.3) is 0 Å². The molecule has 1 aliphatic rings. The molecule has 1 fully saturated rings. The van der Waals surface area contributed by atoms with Gasteiger partial charge in [-0.2, -0.15) is 11.8 Å². The second-order valence-corrected chi connectivity index (χ2v) is 6.28. The number of hydrogen-bond donors (Lipinski definition) is 1. The van der Waals surface area contributed by atoms with E-state index in [4.69, 9.17) is 12.2 Å². The summed E-state index contributed by atoms with van der Waals surface area (Å²) in [6.07, 6.45) is 8.24. The number of nitrogens with one attached hydrogen (secondary N) is 1. The zero-order valence-electron chi connectivity index (χ0n) is 10.2. The van der Waals surface area contributed by atoms with Crippen LogP contribution in [-0.4, -0.2) is 21.1 Å². The first-order chi connectivity index (χ1) is 7.65. The monoisotopic (exact) mass is 256 g/mol. The Morgan fingerprint density at radius 1 is 1.50 bits per heavy atom. The number of aromatic nitrogens is 2. The van der Waals surface area contributed by atoms with E-state index >= 15 is 0 Å². The quantitative estimate of drug-likeness (QED) is 0.821. The normalized spacial score (nSPS) is 25.5. The SMILES string of the molecule is CSC1CCCC1n1c(C(C)C)c[nH]c1=S. The van der Waals surface area contributed by atoms with Gasteiger partial charge in [-0.3, -0.25) is 0 Å². The maximum Gasteiger partial charge on any atom is 0.177 e. The molecule has 0 radical (unpaired) electrons. The number of hydrogen-bond acceptors (Lipinski definition) is 2. The standard InChI is InChI=1S/C12H20N2S2/c1-8(2)10-7-13-12(15)14(10)9-5-4-6-11(9)16-3/h7-9,11H,4-6H2,1-3H3,(H,13,15).